The Morgan fingerprint density at radius 1 is 1.35 bits per heavy atom. The standard InChI is InChI=1S/C17H24N6O3/c1-3-13-4-15(17-19-18-11-23(17)20-13)22-6-12-5-21(8-16(24)25-2)14(7-22)10-26-9-12/h4,11-12,14H,3,5-10H2,1-2H3/t12-,14+/m1/s1. The molecule has 9 heteroatoms. The van der Waals surface area contributed by atoms with E-state index in [4.69, 9.17) is 9.47 Å². The van der Waals surface area contributed by atoms with Crippen LogP contribution in [0.25, 0.3) is 5.65 Å². The summed E-state index contributed by atoms with van der Waals surface area (Å²) in [5.41, 5.74) is 2.82. The normalized spacial score (nSPS) is 23.8. The fourth-order valence-electron chi connectivity index (χ4n) is 3.82. The van der Waals surface area contributed by atoms with E-state index in [9.17, 15) is 4.79 Å². The molecule has 4 heterocycles. The van der Waals surface area contributed by atoms with Crippen molar-refractivity contribution in [3.63, 3.8) is 0 Å². The summed E-state index contributed by atoms with van der Waals surface area (Å²) in [5.74, 6) is 0.106. The second-order valence-electron chi connectivity index (χ2n) is 6.94. The number of esters is 1. The van der Waals surface area contributed by atoms with E-state index in [-0.39, 0.29) is 12.0 Å². The largest absolute Gasteiger partial charge is 0.468 e. The zero-order valence-electron chi connectivity index (χ0n) is 15.2. The van der Waals surface area contributed by atoms with Crippen molar-refractivity contribution in [1.29, 1.82) is 0 Å². The highest BCUT2D eigenvalue weighted by atomic mass is 16.5. The molecule has 0 spiro atoms. The molecule has 2 aromatic heterocycles. The maximum Gasteiger partial charge on any atom is 0.319 e. The van der Waals surface area contributed by atoms with Gasteiger partial charge in [0.2, 0.25) is 5.65 Å². The molecule has 2 aromatic rings. The third-order valence-corrected chi connectivity index (χ3v) is 5.14. The molecule has 4 rings (SSSR count). The molecule has 0 unspecified atom stereocenters. The lowest BCUT2D eigenvalue weighted by Crippen LogP contribution is -2.46. The van der Waals surface area contributed by atoms with Crippen LogP contribution in [-0.2, 0) is 20.7 Å². The number of hydrogen-bond acceptors (Lipinski definition) is 8. The van der Waals surface area contributed by atoms with Gasteiger partial charge in [0, 0.05) is 25.6 Å². The van der Waals surface area contributed by atoms with Crippen LogP contribution in [0.1, 0.15) is 12.6 Å². The van der Waals surface area contributed by atoms with E-state index in [1.807, 2.05) is 0 Å². The Morgan fingerprint density at radius 2 is 2.23 bits per heavy atom. The van der Waals surface area contributed by atoms with Crippen LogP contribution in [0.3, 0.4) is 0 Å². The van der Waals surface area contributed by atoms with E-state index in [0.717, 1.165) is 43.1 Å². The molecule has 0 amide bonds. The van der Waals surface area contributed by atoms with E-state index in [1.54, 1.807) is 10.8 Å². The predicted octanol–water partition coefficient (Wildman–Crippen LogP) is -0.00330. The zero-order chi connectivity index (χ0) is 18.1. The summed E-state index contributed by atoms with van der Waals surface area (Å²) in [4.78, 5) is 16.3. The van der Waals surface area contributed by atoms with E-state index in [0.29, 0.717) is 25.7 Å². The minimum Gasteiger partial charge on any atom is -0.468 e. The molecule has 2 aliphatic rings. The molecule has 0 aliphatic carbocycles. The number of hydrogen-bond donors (Lipinski definition) is 0. The van der Waals surface area contributed by atoms with Crippen molar-refractivity contribution in [2.75, 3.05) is 51.4 Å². The lowest BCUT2D eigenvalue weighted by molar-refractivity contribution is -0.142. The number of methoxy groups -OCH3 is 1. The van der Waals surface area contributed by atoms with Crippen LogP contribution in [0.15, 0.2) is 12.4 Å². The van der Waals surface area contributed by atoms with Crippen LogP contribution in [-0.4, -0.2) is 83.2 Å². The first-order chi connectivity index (χ1) is 12.7. The molecule has 2 atom stereocenters. The molecule has 140 valence electrons. The van der Waals surface area contributed by atoms with Gasteiger partial charge in [0.1, 0.15) is 6.33 Å². The molecule has 0 saturated carbocycles. The summed E-state index contributed by atoms with van der Waals surface area (Å²) < 4.78 is 12.5. The summed E-state index contributed by atoms with van der Waals surface area (Å²) in [5, 5.41) is 12.8. The number of carbonyl (C=O) groups is 1. The molecule has 2 fully saturated rings. The van der Waals surface area contributed by atoms with Crippen molar-refractivity contribution in [1.82, 2.24) is 24.7 Å². The maximum absolute atomic E-state index is 11.8. The monoisotopic (exact) mass is 360 g/mol. The molecule has 2 saturated heterocycles. The number of fused-ring (bicyclic) bond motifs is 4. The van der Waals surface area contributed by atoms with Gasteiger partial charge in [-0.2, -0.15) is 9.61 Å². The van der Waals surface area contributed by atoms with Crippen LogP contribution in [0.2, 0.25) is 0 Å². The van der Waals surface area contributed by atoms with Gasteiger partial charge in [0.05, 0.1) is 44.3 Å². The molecular weight excluding hydrogens is 336 g/mol. The Balaban J connectivity index is 1.66. The van der Waals surface area contributed by atoms with Gasteiger partial charge in [0.25, 0.3) is 0 Å². The summed E-state index contributed by atoms with van der Waals surface area (Å²) >= 11 is 0. The number of aryl methyl sites for hydroxylation is 1. The number of carbonyl (C=O) groups excluding carboxylic acids is 1. The average molecular weight is 360 g/mol. The van der Waals surface area contributed by atoms with Crippen LogP contribution in [0.4, 0.5) is 5.69 Å². The number of nitrogens with zero attached hydrogens (tertiary/aromatic N) is 6. The van der Waals surface area contributed by atoms with Gasteiger partial charge in [-0.1, -0.05) is 6.92 Å². The quantitative estimate of drug-likeness (QED) is 0.704. The van der Waals surface area contributed by atoms with Crippen molar-refractivity contribution in [2.24, 2.45) is 5.92 Å². The smallest absolute Gasteiger partial charge is 0.319 e. The van der Waals surface area contributed by atoms with Gasteiger partial charge < -0.3 is 14.4 Å². The minimum absolute atomic E-state index is 0.128. The van der Waals surface area contributed by atoms with Gasteiger partial charge in [0.15, 0.2) is 0 Å². The number of rotatable bonds is 4. The Kier molecular flexibility index (Phi) is 4.73. The Labute approximate surface area is 151 Å². The molecule has 9 nitrogen and oxygen atoms in total. The first-order valence-electron chi connectivity index (χ1n) is 9.01. The van der Waals surface area contributed by atoms with Gasteiger partial charge >= 0.3 is 5.97 Å². The molecule has 26 heavy (non-hydrogen) atoms. The molecule has 2 aliphatic heterocycles. The molecular formula is C17H24N6O3. The van der Waals surface area contributed by atoms with Crippen molar-refractivity contribution >= 4 is 17.3 Å². The minimum atomic E-state index is -0.207. The van der Waals surface area contributed by atoms with Gasteiger partial charge in [-0.15, -0.1) is 10.2 Å². The lowest BCUT2D eigenvalue weighted by Gasteiger charge is -2.32. The van der Waals surface area contributed by atoms with Crippen LogP contribution in [0.5, 0.6) is 0 Å². The molecule has 0 aromatic carbocycles. The summed E-state index contributed by atoms with van der Waals surface area (Å²) in [7, 11) is 1.43. The SMILES string of the molecule is CCc1cc(N2C[C@@H]3COC[C@H](C2)N(CC(=O)OC)C3)c2nncn2n1. The fourth-order valence-corrected chi connectivity index (χ4v) is 3.82. The summed E-state index contributed by atoms with van der Waals surface area (Å²) in [6.45, 7) is 6.13. The molecule has 0 radical (unpaired) electrons. The fraction of sp³-hybridized carbons (Fsp3) is 0.647. The molecule has 2 bridgehead atoms. The number of anilines is 1. The number of aromatic nitrogens is 4. The third-order valence-electron chi connectivity index (χ3n) is 5.14. The van der Waals surface area contributed by atoms with Gasteiger partial charge in [-0.25, -0.2) is 0 Å². The summed E-state index contributed by atoms with van der Waals surface area (Å²) in [6.07, 6.45) is 2.49. The Bertz CT molecular complexity index is 794. The maximum atomic E-state index is 11.8. The Hall–Kier alpha value is -2.26. The van der Waals surface area contributed by atoms with E-state index in [1.165, 1.54) is 7.11 Å². The van der Waals surface area contributed by atoms with Crippen LogP contribution in [0, 0.1) is 5.92 Å². The summed E-state index contributed by atoms with van der Waals surface area (Å²) in [6, 6.07) is 2.24. The zero-order valence-corrected chi connectivity index (χ0v) is 15.2. The lowest BCUT2D eigenvalue weighted by atomic mass is 10.1. The average Bonchev–Trinajstić information content (AvgIpc) is 2.95. The second-order valence-corrected chi connectivity index (χ2v) is 6.94. The first kappa shape index (κ1) is 17.2. The van der Waals surface area contributed by atoms with Crippen molar-refractivity contribution in [3.05, 3.63) is 18.1 Å². The Morgan fingerprint density at radius 3 is 3.04 bits per heavy atom. The highest BCUT2D eigenvalue weighted by Gasteiger charge is 2.35. The van der Waals surface area contributed by atoms with Crippen LogP contribution >= 0.6 is 0 Å². The highest BCUT2D eigenvalue weighted by molar-refractivity contribution is 5.71. The van der Waals surface area contributed by atoms with E-state index in [2.05, 4.69) is 38.1 Å². The predicted molar refractivity (Wildman–Crippen MR) is 94.1 cm³/mol. The van der Waals surface area contributed by atoms with Crippen molar-refractivity contribution in [2.45, 2.75) is 19.4 Å². The first-order valence-corrected chi connectivity index (χ1v) is 9.01. The van der Waals surface area contributed by atoms with Crippen LogP contribution < -0.4 is 4.90 Å². The van der Waals surface area contributed by atoms with E-state index >= 15 is 0 Å². The molecule has 0 N–H and O–H groups in total. The van der Waals surface area contributed by atoms with E-state index < -0.39 is 0 Å². The van der Waals surface area contributed by atoms with Crippen molar-refractivity contribution in [3.8, 4) is 0 Å². The topological polar surface area (TPSA) is 85.1 Å². The van der Waals surface area contributed by atoms with Gasteiger partial charge in [-0.05, 0) is 12.5 Å². The number of ether oxygens (including phenoxy) is 2. The highest BCUT2D eigenvalue weighted by Crippen LogP contribution is 2.27. The second kappa shape index (κ2) is 7.16. The third kappa shape index (κ3) is 3.24. The van der Waals surface area contributed by atoms with Gasteiger partial charge in [-0.3, -0.25) is 9.69 Å². The van der Waals surface area contributed by atoms with Crippen molar-refractivity contribution < 1.29 is 14.3 Å².